The third-order valence-corrected chi connectivity index (χ3v) is 12.8. The van der Waals surface area contributed by atoms with Gasteiger partial charge in [0, 0.05) is 78.2 Å². The first-order chi connectivity index (χ1) is 28.8. The van der Waals surface area contributed by atoms with Crippen LogP contribution in [-0.2, 0) is 0 Å². The molecular formula is C47H27N3S3. The second-order valence-corrected chi connectivity index (χ2v) is 15.7. The van der Waals surface area contributed by atoms with Gasteiger partial charge in [-0.2, -0.15) is 0 Å². The van der Waals surface area contributed by atoms with Crippen molar-refractivity contribution >= 4 is 84.4 Å². The molecule has 0 amide bonds. The van der Waals surface area contributed by atoms with E-state index in [9.17, 15) is 5.48 Å². The van der Waals surface area contributed by atoms with Gasteiger partial charge in [0.25, 0.3) is 0 Å². The highest BCUT2D eigenvalue weighted by Crippen LogP contribution is 2.46. The number of hydrogen-bond donors (Lipinski definition) is 0. The largest absolute Gasteiger partial charge is 0.208 e. The molecular weight excluding hydrogens is 703 g/mol. The van der Waals surface area contributed by atoms with E-state index in [1.54, 1.807) is 22.7 Å². The molecule has 0 aliphatic heterocycles. The molecule has 0 unspecified atom stereocenters. The summed E-state index contributed by atoms with van der Waals surface area (Å²) < 4.78 is 59.9. The zero-order valence-electron chi connectivity index (χ0n) is 33.7. The van der Waals surface area contributed by atoms with Gasteiger partial charge in [-0.05, 0) is 40.7 Å². The second kappa shape index (κ2) is 12.3. The van der Waals surface area contributed by atoms with Gasteiger partial charge in [0.05, 0.1) is 8.22 Å². The molecule has 0 bridgehead atoms. The zero-order chi connectivity index (χ0) is 40.1. The summed E-state index contributed by atoms with van der Waals surface area (Å²) >= 11 is 4.44. The molecule has 4 aromatic heterocycles. The fourth-order valence-corrected chi connectivity index (χ4v) is 10.3. The van der Waals surface area contributed by atoms with Gasteiger partial charge >= 0.3 is 0 Å². The molecule has 248 valence electrons. The van der Waals surface area contributed by atoms with Crippen LogP contribution in [0.2, 0.25) is 0 Å². The molecule has 0 aliphatic carbocycles. The first-order valence-corrected chi connectivity index (χ1v) is 19.5. The minimum Gasteiger partial charge on any atom is -0.208 e. The number of fused-ring (bicyclic) bond motifs is 7. The normalized spacial score (nSPS) is 13.4. The Hall–Kier alpha value is -6.05. The summed E-state index contributed by atoms with van der Waals surface area (Å²) in [6.07, 6.45) is 0. The lowest BCUT2D eigenvalue weighted by molar-refractivity contribution is 1.07. The van der Waals surface area contributed by atoms with Gasteiger partial charge in [0.2, 0.25) is 0 Å². The fraction of sp³-hybridized carbons (Fsp3) is 0. The molecule has 4 heterocycles. The van der Waals surface area contributed by atoms with Crippen LogP contribution in [-0.4, -0.2) is 15.0 Å². The van der Waals surface area contributed by atoms with Crippen molar-refractivity contribution in [3.8, 4) is 56.4 Å². The molecule has 0 saturated carbocycles. The maximum absolute atomic E-state index is 9.68. The number of nitrogens with zero attached hydrogens (tertiary/aromatic N) is 3. The lowest BCUT2D eigenvalue weighted by Gasteiger charge is -2.09. The van der Waals surface area contributed by atoms with Crippen LogP contribution in [0.15, 0.2) is 163 Å². The minimum absolute atomic E-state index is 0.0541. The quantitative estimate of drug-likeness (QED) is 0.177. The summed E-state index contributed by atoms with van der Waals surface area (Å²) in [6, 6.07) is 38.9. The van der Waals surface area contributed by atoms with Crippen molar-refractivity contribution in [2.45, 2.75) is 0 Å². The van der Waals surface area contributed by atoms with Crippen LogP contribution in [0.4, 0.5) is 0 Å². The van der Waals surface area contributed by atoms with Gasteiger partial charge in [-0.15, -0.1) is 34.0 Å². The maximum atomic E-state index is 9.68. The van der Waals surface area contributed by atoms with Crippen molar-refractivity contribution in [2.24, 2.45) is 0 Å². The molecule has 7 aromatic carbocycles. The van der Waals surface area contributed by atoms with Crippen molar-refractivity contribution in [1.29, 1.82) is 0 Å². The molecule has 0 fully saturated rings. The Morgan fingerprint density at radius 3 is 1.92 bits per heavy atom. The average Bonchev–Trinajstić information content (AvgIpc) is 4.00. The van der Waals surface area contributed by atoms with Gasteiger partial charge < -0.3 is 0 Å². The second-order valence-electron chi connectivity index (χ2n) is 12.7. The Balaban J connectivity index is 1.13. The van der Waals surface area contributed by atoms with Crippen LogP contribution in [0.5, 0.6) is 0 Å². The molecule has 53 heavy (non-hydrogen) atoms. The molecule has 0 spiro atoms. The van der Waals surface area contributed by atoms with Crippen LogP contribution in [0, 0.1) is 0 Å². The van der Waals surface area contributed by atoms with Crippen molar-refractivity contribution < 1.29 is 8.22 Å². The van der Waals surface area contributed by atoms with E-state index in [-0.39, 0.29) is 47.6 Å². The lowest BCUT2D eigenvalue weighted by atomic mass is 9.97. The van der Waals surface area contributed by atoms with E-state index < -0.39 is 0 Å². The summed E-state index contributed by atoms with van der Waals surface area (Å²) in [4.78, 5) is 14.6. The van der Waals surface area contributed by atoms with Crippen LogP contribution < -0.4 is 0 Å². The van der Waals surface area contributed by atoms with Crippen molar-refractivity contribution in [2.75, 3.05) is 0 Å². The first kappa shape index (κ1) is 25.0. The summed E-state index contributed by atoms with van der Waals surface area (Å²) in [7, 11) is 0. The molecule has 11 rings (SSSR count). The Labute approximate surface area is 325 Å². The molecule has 0 radical (unpaired) electrons. The summed E-state index contributed by atoms with van der Waals surface area (Å²) in [5, 5.41) is 6.21. The smallest absolute Gasteiger partial charge is 0.164 e. The van der Waals surface area contributed by atoms with Crippen LogP contribution in [0.3, 0.4) is 0 Å². The molecule has 0 atom stereocenters. The van der Waals surface area contributed by atoms with Crippen LogP contribution in [0.1, 0.15) is 8.22 Å². The molecule has 3 nitrogen and oxygen atoms in total. The van der Waals surface area contributed by atoms with E-state index in [0.29, 0.717) is 37.4 Å². The predicted octanol–water partition coefficient (Wildman–Crippen LogP) is 14.2. The summed E-state index contributed by atoms with van der Waals surface area (Å²) in [6.45, 7) is 0. The van der Waals surface area contributed by atoms with E-state index in [2.05, 4.69) is 29.6 Å². The predicted molar refractivity (Wildman–Crippen MR) is 228 cm³/mol. The van der Waals surface area contributed by atoms with Gasteiger partial charge in [0.1, 0.15) is 0 Å². The Morgan fingerprint density at radius 1 is 0.415 bits per heavy atom. The zero-order valence-corrected chi connectivity index (χ0v) is 30.1. The van der Waals surface area contributed by atoms with Crippen molar-refractivity contribution in [3.63, 3.8) is 0 Å². The Kier molecular flexibility index (Phi) is 5.80. The monoisotopic (exact) mass is 735 g/mol. The molecule has 0 N–H and O–H groups in total. The van der Waals surface area contributed by atoms with E-state index in [1.165, 1.54) is 10.1 Å². The van der Waals surface area contributed by atoms with E-state index in [4.69, 9.17) is 17.7 Å². The molecule has 6 heteroatoms. The molecule has 0 saturated heterocycles. The summed E-state index contributed by atoms with van der Waals surface area (Å²) in [5.74, 6) is 0.820. The Bertz CT molecular complexity index is 3520. The van der Waals surface area contributed by atoms with Crippen molar-refractivity contribution in [3.05, 3.63) is 163 Å². The third kappa shape index (κ3) is 5.10. The number of hydrogen-bond acceptors (Lipinski definition) is 6. The Morgan fingerprint density at radius 2 is 1.09 bits per heavy atom. The van der Waals surface area contributed by atoms with Crippen LogP contribution in [0.25, 0.3) is 107 Å². The van der Waals surface area contributed by atoms with Gasteiger partial charge in [-0.25, -0.2) is 15.0 Å². The maximum Gasteiger partial charge on any atom is 0.164 e. The minimum atomic E-state index is -0.239. The number of benzene rings is 7. The van der Waals surface area contributed by atoms with Gasteiger partial charge in [-0.3, -0.25) is 0 Å². The lowest BCUT2D eigenvalue weighted by Crippen LogP contribution is -2.00. The van der Waals surface area contributed by atoms with E-state index in [0.717, 1.165) is 59.3 Å². The molecule has 11 aromatic rings. The number of aromatic nitrogens is 3. The van der Waals surface area contributed by atoms with Crippen LogP contribution >= 0.6 is 34.0 Å². The highest BCUT2D eigenvalue weighted by atomic mass is 32.1. The first-order valence-electron chi connectivity index (χ1n) is 20.0. The standard InChI is InChI=1S/C47H27N3S3/c1-2-10-29(11-3-1)45-48-46(30-22-20-28(21-23-30)38-27-51-39-17-6-4-13-33(38)39)50-47(49-45)31-24-25-37-42(26-31)52-41-19-9-14-34(43(37)41)36-16-8-15-35-32-12-5-7-18-40(32)53-44(35)36/h1-27H/i9D,14D,19D,24D,25D,26D. The average molecular weight is 736 g/mol. The summed E-state index contributed by atoms with van der Waals surface area (Å²) in [5.41, 5.74) is 4.89. The van der Waals surface area contributed by atoms with E-state index in [1.807, 2.05) is 97.1 Å². The highest BCUT2D eigenvalue weighted by molar-refractivity contribution is 7.27. The van der Waals surface area contributed by atoms with Gasteiger partial charge in [0.15, 0.2) is 17.5 Å². The fourth-order valence-electron chi connectivity index (χ4n) is 7.04. The number of rotatable bonds is 5. The number of thiophene rings is 3. The molecule has 0 aliphatic rings. The highest BCUT2D eigenvalue weighted by Gasteiger charge is 2.18. The van der Waals surface area contributed by atoms with Gasteiger partial charge in [-0.1, -0.05) is 133 Å². The topological polar surface area (TPSA) is 38.7 Å². The van der Waals surface area contributed by atoms with Crippen molar-refractivity contribution in [1.82, 2.24) is 15.0 Å². The van der Waals surface area contributed by atoms with E-state index >= 15 is 0 Å². The third-order valence-electron chi connectivity index (χ3n) is 9.57. The SMILES string of the molecule is [2H]c1c([2H])c(-c2cccc3c2sc2ccccc23)c2c(sc3c([2H])c(-c4nc(-c5ccccc5)nc(-c5ccc(-c6csc7ccccc67)cc5)n4)c([2H])c([2H])c32)c1[2H].